The van der Waals surface area contributed by atoms with Gasteiger partial charge in [0.2, 0.25) is 0 Å². The molecule has 12 heavy (non-hydrogen) atoms. The predicted molar refractivity (Wildman–Crippen MR) is 42.6 cm³/mol. The summed E-state index contributed by atoms with van der Waals surface area (Å²) in [5, 5.41) is 0. The highest BCUT2D eigenvalue weighted by atomic mass is 35.5. The highest BCUT2D eigenvalue weighted by molar-refractivity contribution is 6.47. The zero-order chi connectivity index (χ0) is 9.83. The third-order valence-electron chi connectivity index (χ3n) is 0.990. The highest BCUT2D eigenvalue weighted by Crippen LogP contribution is 2.40. The molecule has 0 fully saturated rings. The second-order valence-corrected chi connectivity index (χ2v) is 3.16. The normalized spacial score (nSPS) is 13.5. The minimum absolute atomic E-state index is 0.0182. The molecular formula is C6H10Cl2F2O2. The first-order valence-electron chi connectivity index (χ1n) is 3.41. The minimum Gasteiger partial charge on any atom is -0.340 e. The highest BCUT2D eigenvalue weighted by Gasteiger charge is 2.54. The Bertz CT molecular complexity index is 126. The Morgan fingerprint density at radius 1 is 1.08 bits per heavy atom. The molecule has 0 aliphatic carbocycles. The van der Waals surface area contributed by atoms with E-state index in [1.54, 1.807) is 0 Å². The van der Waals surface area contributed by atoms with Crippen LogP contribution in [0.3, 0.4) is 0 Å². The summed E-state index contributed by atoms with van der Waals surface area (Å²) in [6.07, 6.45) is -3.69. The number of rotatable bonds is 5. The van der Waals surface area contributed by atoms with Gasteiger partial charge in [0.25, 0.3) is 0 Å². The van der Waals surface area contributed by atoms with Crippen molar-refractivity contribution in [1.29, 1.82) is 0 Å². The molecule has 2 nitrogen and oxygen atoms in total. The fourth-order valence-electron chi connectivity index (χ4n) is 0.531. The van der Waals surface area contributed by atoms with Crippen LogP contribution in [0.4, 0.5) is 8.78 Å². The lowest BCUT2D eigenvalue weighted by atomic mass is 10.6. The van der Waals surface area contributed by atoms with Crippen LogP contribution >= 0.6 is 23.2 Å². The lowest BCUT2D eigenvalue weighted by Crippen LogP contribution is -2.43. The van der Waals surface area contributed by atoms with Gasteiger partial charge >= 0.3 is 10.6 Å². The molecule has 0 aliphatic rings. The molecular weight excluding hydrogens is 213 g/mol. The van der Waals surface area contributed by atoms with Gasteiger partial charge in [-0.2, -0.15) is 8.78 Å². The number of alkyl halides is 4. The van der Waals surface area contributed by atoms with Crippen LogP contribution in [-0.2, 0) is 9.47 Å². The van der Waals surface area contributed by atoms with Crippen molar-refractivity contribution < 1.29 is 18.3 Å². The predicted octanol–water partition coefficient (Wildman–Crippen LogP) is 2.78. The third-order valence-corrected chi connectivity index (χ3v) is 1.65. The largest absolute Gasteiger partial charge is 0.413 e. The molecule has 0 radical (unpaired) electrons. The van der Waals surface area contributed by atoms with Gasteiger partial charge in [-0.3, -0.25) is 0 Å². The number of halogens is 4. The summed E-state index contributed by atoms with van der Waals surface area (Å²) in [4.78, 5) is 0. The topological polar surface area (TPSA) is 18.5 Å². The summed E-state index contributed by atoms with van der Waals surface area (Å²) >= 11 is 10.3. The van der Waals surface area contributed by atoms with Crippen LogP contribution in [0.15, 0.2) is 0 Å². The summed E-state index contributed by atoms with van der Waals surface area (Å²) in [6.45, 7) is 2.70. The van der Waals surface area contributed by atoms with Gasteiger partial charge in [0, 0.05) is 6.61 Å². The van der Waals surface area contributed by atoms with Crippen molar-refractivity contribution >= 4 is 23.2 Å². The summed E-state index contributed by atoms with van der Waals surface area (Å²) in [5.74, 6) is 0. The minimum atomic E-state index is -3.69. The summed E-state index contributed by atoms with van der Waals surface area (Å²) < 4.78 is 31.4. The first-order valence-corrected chi connectivity index (χ1v) is 4.16. The first-order chi connectivity index (χ1) is 5.37. The molecule has 0 atom stereocenters. The van der Waals surface area contributed by atoms with Gasteiger partial charge in [-0.05, 0) is 13.8 Å². The van der Waals surface area contributed by atoms with Crippen LogP contribution in [-0.4, -0.2) is 23.8 Å². The van der Waals surface area contributed by atoms with Crippen LogP contribution in [0.2, 0.25) is 0 Å². The molecule has 0 unspecified atom stereocenters. The van der Waals surface area contributed by atoms with Gasteiger partial charge in [-0.15, -0.1) is 0 Å². The fraction of sp³-hybridized carbons (Fsp3) is 1.00. The van der Waals surface area contributed by atoms with E-state index in [2.05, 4.69) is 9.47 Å². The Morgan fingerprint density at radius 3 is 1.83 bits per heavy atom. The molecule has 74 valence electrons. The van der Waals surface area contributed by atoms with Crippen LogP contribution in [0.25, 0.3) is 0 Å². The molecule has 0 aromatic carbocycles. The molecule has 0 aromatic rings. The third kappa shape index (κ3) is 3.01. The fourth-order valence-corrected chi connectivity index (χ4v) is 0.858. The molecule has 0 aliphatic heterocycles. The van der Waals surface area contributed by atoms with E-state index in [0.29, 0.717) is 0 Å². The SMILES string of the molecule is CCOC(F)(F)C(Cl)(Cl)OCC. The average Bonchev–Trinajstić information content (AvgIpc) is 1.86. The van der Waals surface area contributed by atoms with Crippen molar-refractivity contribution in [1.82, 2.24) is 0 Å². The van der Waals surface area contributed by atoms with E-state index < -0.39 is 10.6 Å². The van der Waals surface area contributed by atoms with Gasteiger partial charge in [0.05, 0.1) is 6.61 Å². The second-order valence-electron chi connectivity index (χ2n) is 1.90. The van der Waals surface area contributed by atoms with Crippen molar-refractivity contribution in [2.45, 2.75) is 24.5 Å². The maximum absolute atomic E-state index is 12.8. The van der Waals surface area contributed by atoms with E-state index in [4.69, 9.17) is 23.2 Å². The van der Waals surface area contributed by atoms with Crippen LogP contribution in [0, 0.1) is 0 Å². The Labute approximate surface area is 79.7 Å². The van der Waals surface area contributed by atoms with E-state index >= 15 is 0 Å². The van der Waals surface area contributed by atoms with Crippen molar-refractivity contribution in [3.63, 3.8) is 0 Å². The molecule has 0 N–H and O–H groups in total. The maximum atomic E-state index is 12.8. The van der Waals surface area contributed by atoms with Gasteiger partial charge in [0.15, 0.2) is 0 Å². The summed E-state index contributed by atoms with van der Waals surface area (Å²) in [7, 11) is 0. The van der Waals surface area contributed by atoms with Gasteiger partial charge in [-0.1, -0.05) is 23.2 Å². The monoisotopic (exact) mass is 222 g/mol. The zero-order valence-corrected chi connectivity index (χ0v) is 8.25. The Balaban J connectivity index is 4.28. The smallest absolute Gasteiger partial charge is 0.340 e. The standard InChI is InChI=1S/C6H10Cl2F2O2/c1-3-11-5(7,8)6(9,10)12-4-2/h3-4H2,1-2H3. The van der Waals surface area contributed by atoms with Crippen LogP contribution < -0.4 is 0 Å². The van der Waals surface area contributed by atoms with E-state index in [1.807, 2.05) is 0 Å². The maximum Gasteiger partial charge on any atom is 0.413 e. The average molecular weight is 223 g/mol. The van der Waals surface area contributed by atoms with Gasteiger partial charge in [0.1, 0.15) is 0 Å². The Hall–Kier alpha value is 0.360. The van der Waals surface area contributed by atoms with E-state index in [0.717, 1.165) is 0 Å². The van der Waals surface area contributed by atoms with Crippen LogP contribution in [0.5, 0.6) is 0 Å². The molecule has 0 spiro atoms. The van der Waals surface area contributed by atoms with Crippen molar-refractivity contribution in [3.8, 4) is 0 Å². The van der Waals surface area contributed by atoms with E-state index in [1.165, 1.54) is 13.8 Å². The molecule has 0 aromatic heterocycles. The molecule has 0 bridgehead atoms. The summed E-state index contributed by atoms with van der Waals surface area (Å²) in [6, 6.07) is 0. The van der Waals surface area contributed by atoms with Crippen molar-refractivity contribution in [2.24, 2.45) is 0 Å². The zero-order valence-electron chi connectivity index (χ0n) is 6.74. The number of ether oxygens (including phenoxy) is 2. The first kappa shape index (κ1) is 12.4. The van der Waals surface area contributed by atoms with Gasteiger partial charge < -0.3 is 9.47 Å². The van der Waals surface area contributed by atoms with E-state index in [-0.39, 0.29) is 13.2 Å². The van der Waals surface area contributed by atoms with E-state index in [9.17, 15) is 8.78 Å². The molecule has 0 saturated heterocycles. The lowest BCUT2D eigenvalue weighted by Gasteiger charge is -2.27. The lowest BCUT2D eigenvalue weighted by molar-refractivity contribution is -0.288. The molecule has 0 saturated carbocycles. The Kier molecular flexibility index (Phi) is 4.69. The Morgan fingerprint density at radius 2 is 1.50 bits per heavy atom. The van der Waals surface area contributed by atoms with Crippen molar-refractivity contribution in [3.05, 3.63) is 0 Å². The quantitative estimate of drug-likeness (QED) is 0.667. The summed E-state index contributed by atoms with van der Waals surface area (Å²) in [5.41, 5.74) is 0. The number of hydrogen-bond donors (Lipinski definition) is 0. The molecule has 0 rings (SSSR count). The van der Waals surface area contributed by atoms with Crippen molar-refractivity contribution in [2.75, 3.05) is 13.2 Å². The van der Waals surface area contributed by atoms with Crippen LogP contribution in [0.1, 0.15) is 13.8 Å². The second kappa shape index (κ2) is 4.56. The molecule has 0 heterocycles. The number of hydrogen-bond acceptors (Lipinski definition) is 2. The van der Waals surface area contributed by atoms with Gasteiger partial charge in [-0.25, -0.2) is 0 Å². The molecule has 6 heteroatoms. The molecule has 0 amide bonds.